The lowest BCUT2D eigenvalue weighted by atomic mass is 9.62. The smallest absolute Gasteiger partial charge is 0.0367 e. The SMILES string of the molecule is Cl[C@@H]1CCCC[C@@H]1C(C1CCCCC1)C1CCCCC1. The number of halogens is 1. The van der Waals surface area contributed by atoms with Crippen molar-refractivity contribution in [2.75, 3.05) is 0 Å². The van der Waals surface area contributed by atoms with E-state index in [9.17, 15) is 0 Å². The summed E-state index contributed by atoms with van der Waals surface area (Å²) in [5, 5.41) is 0.498. The van der Waals surface area contributed by atoms with Crippen LogP contribution in [-0.4, -0.2) is 5.38 Å². The van der Waals surface area contributed by atoms with Gasteiger partial charge >= 0.3 is 0 Å². The minimum atomic E-state index is 0.498. The molecule has 0 bridgehead atoms. The zero-order chi connectivity index (χ0) is 13.8. The predicted molar refractivity (Wildman–Crippen MR) is 88.2 cm³/mol. The zero-order valence-electron chi connectivity index (χ0n) is 13.2. The molecule has 0 amide bonds. The van der Waals surface area contributed by atoms with Gasteiger partial charge < -0.3 is 0 Å². The third kappa shape index (κ3) is 3.54. The Morgan fingerprint density at radius 2 is 1.00 bits per heavy atom. The van der Waals surface area contributed by atoms with Crippen LogP contribution < -0.4 is 0 Å². The molecule has 0 saturated heterocycles. The second-order valence-electron chi connectivity index (χ2n) is 7.84. The number of hydrogen-bond donors (Lipinski definition) is 0. The van der Waals surface area contributed by atoms with Gasteiger partial charge in [-0.2, -0.15) is 0 Å². The van der Waals surface area contributed by atoms with Crippen LogP contribution in [0.1, 0.15) is 89.9 Å². The van der Waals surface area contributed by atoms with E-state index in [1.54, 1.807) is 0 Å². The van der Waals surface area contributed by atoms with Gasteiger partial charge in [-0.25, -0.2) is 0 Å². The fourth-order valence-electron chi connectivity index (χ4n) is 5.67. The first-order valence-corrected chi connectivity index (χ1v) is 9.94. The summed E-state index contributed by atoms with van der Waals surface area (Å²) in [5.41, 5.74) is 0. The largest absolute Gasteiger partial charge is 0.123 e. The van der Waals surface area contributed by atoms with Crippen LogP contribution in [0, 0.1) is 23.7 Å². The average molecular weight is 297 g/mol. The highest BCUT2D eigenvalue weighted by molar-refractivity contribution is 6.20. The highest BCUT2D eigenvalue weighted by atomic mass is 35.5. The summed E-state index contributed by atoms with van der Waals surface area (Å²) in [6, 6.07) is 0. The molecule has 1 heteroatoms. The summed E-state index contributed by atoms with van der Waals surface area (Å²) in [6.45, 7) is 0. The molecular weight excluding hydrogens is 264 g/mol. The highest BCUT2D eigenvalue weighted by Crippen LogP contribution is 2.48. The maximum atomic E-state index is 6.82. The van der Waals surface area contributed by atoms with Crippen LogP contribution >= 0.6 is 11.6 Å². The Morgan fingerprint density at radius 3 is 1.50 bits per heavy atom. The topological polar surface area (TPSA) is 0 Å². The Morgan fingerprint density at radius 1 is 0.550 bits per heavy atom. The summed E-state index contributed by atoms with van der Waals surface area (Å²) in [6.07, 6.45) is 20.6. The molecule has 3 aliphatic carbocycles. The van der Waals surface area contributed by atoms with E-state index in [1.165, 1.54) is 89.9 Å². The lowest BCUT2D eigenvalue weighted by Gasteiger charge is -2.45. The van der Waals surface area contributed by atoms with Gasteiger partial charge in [0, 0.05) is 5.38 Å². The van der Waals surface area contributed by atoms with Gasteiger partial charge in [0.15, 0.2) is 0 Å². The Kier molecular flexibility index (Phi) is 5.72. The summed E-state index contributed by atoms with van der Waals surface area (Å²) in [5.74, 6) is 3.89. The van der Waals surface area contributed by atoms with E-state index in [0.717, 1.165) is 23.7 Å². The molecule has 3 rings (SSSR count). The molecule has 3 aliphatic rings. The van der Waals surface area contributed by atoms with E-state index in [0.29, 0.717) is 5.38 Å². The van der Waals surface area contributed by atoms with Crippen molar-refractivity contribution in [1.29, 1.82) is 0 Å². The predicted octanol–water partition coefficient (Wildman–Crippen LogP) is 6.56. The molecule has 0 N–H and O–H groups in total. The van der Waals surface area contributed by atoms with Gasteiger partial charge in [0.25, 0.3) is 0 Å². The van der Waals surface area contributed by atoms with Crippen LogP contribution in [0.2, 0.25) is 0 Å². The summed E-state index contributed by atoms with van der Waals surface area (Å²) in [7, 11) is 0. The number of hydrogen-bond acceptors (Lipinski definition) is 0. The van der Waals surface area contributed by atoms with E-state index < -0.39 is 0 Å². The summed E-state index contributed by atoms with van der Waals surface area (Å²) < 4.78 is 0. The molecule has 0 aromatic rings. The monoisotopic (exact) mass is 296 g/mol. The summed E-state index contributed by atoms with van der Waals surface area (Å²) >= 11 is 6.82. The van der Waals surface area contributed by atoms with E-state index in [1.807, 2.05) is 0 Å². The number of rotatable bonds is 3. The fraction of sp³-hybridized carbons (Fsp3) is 1.00. The first kappa shape index (κ1) is 15.2. The van der Waals surface area contributed by atoms with Crippen molar-refractivity contribution in [2.24, 2.45) is 23.7 Å². The average Bonchev–Trinajstić information content (AvgIpc) is 2.52. The molecule has 0 unspecified atom stereocenters. The van der Waals surface area contributed by atoms with Crippen LogP contribution in [0.25, 0.3) is 0 Å². The van der Waals surface area contributed by atoms with Crippen LogP contribution in [0.5, 0.6) is 0 Å². The van der Waals surface area contributed by atoms with Crippen molar-refractivity contribution in [3.63, 3.8) is 0 Å². The van der Waals surface area contributed by atoms with Crippen LogP contribution in [-0.2, 0) is 0 Å². The van der Waals surface area contributed by atoms with E-state index in [-0.39, 0.29) is 0 Å². The normalized spacial score (nSPS) is 34.5. The van der Waals surface area contributed by atoms with E-state index in [4.69, 9.17) is 11.6 Å². The van der Waals surface area contributed by atoms with E-state index in [2.05, 4.69) is 0 Å². The van der Waals surface area contributed by atoms with Gasteiger partial charge in [0.05, 0.1) is 0 Å². The molecule has 0 heterocycles. The van der Waals surface area contributed by atoms with Crippen LogP contribution in [0.3, 0.4) is 0 Å². The van der Waals surface area contributed by atoms with Gasteiger partial charge in [-0.05, 0) is 36.5 Å². The molecule has 3 saturated carbocycles. The lowest BCUT2D eigenvalue weighted by molar-refractivity contribution is 0.0695. The lowest BCUT2D eigenvalue weighted by Crippen LogP contribution is -2.38. The fourth-order valence-corrected chi connectivity index (χ4v) is 6.12. The van der Waals surface area contributed by atoms with Gasteiger partial charge in [-0.1, -0.05) is 77.0 Å². The quantitative estimate of drug-likeness (QED) is 0.517. The number of alkyl halides is 1. The van der Waals surface area contributed by atoms with Gasteiger partial charge in [-0.3, -0.25) is 0 Å². The minimum Gasteiger partial charge on any atom is -0.123 e. The highest BCUT2D eigenvalue weighted by Gasteiger charge is 2.40. The van der Waals surface area contributed by atoms with Crippen molar-refractivity contribution in [3.05, 3.63) is 0 Å². The Balaban J connectivity index is 1.73. The molecule has 0 spiro atoms. The van der Waals surface area contributed by atoms with Gasteiger partial charge in [0.1, 0.15) is 0 Å². The standard InChI is InChI=1S/C19H33Cl/c20-18-14-8-7-13-17(18)19(15-9-3-1-4-10-15)16-11-5-2-6-12-16/h15-19H,1-14H2/t17-,18+/m0/s1. The minimum absolute atomic E-state index is 0.498. The molecule has 0 aromatic carbocycles. The van der Waals surface area contributed by atoms with Crippen molar-refractivity contribution < 1.29 is 0 Å². The zero-order valence-corrected chi connectivity index (χ0v) is 13.9. The molecule has 0 radical (unpaired) electrons. The van der Waals surface area contributed by atoms with Crippen LogP contribution in [0.4, 0.5) is 0 Å². The molecular formula is C19H33Cl. The Hall–Kier alpha value is 0.290. The van der Waals surface area contributed by atoms with Gasteiger partial charge in [0.2, 0.25) is 0 Å². The molecule has 116 valence electrons. The second-order valence-corrected chi connectivity index (χ2v) is 8.40. The molecule has 3 fully saturated rings. The van der Waals surface area contributed by atoms with Crippen molar-refractivity contribution in [3.8, 4) is 0 Å². The van der Waals surface area contributed by atoms with E-state index >= 15 is 0 Å². The van der Waals surface area contributed by atoms with Crippen LogP contribution in [0.15, 0.2) is 0 Å². The maximum Gasteiger partial charge on any atom is 0.0367 e. The van der Waals surface area contributed by atoms with Gasteiger partial charge in [-0.15, -0.1) is 11.6 Å². The molecule has 0 aromatic heterocycles. The van der Waals surface area contributed by atoms with Crippen molar-refractivity contribution in [1.82, 2.24) is 0 Å². The third-order valence-electron chi connectivity index (χ3n) is 6.61. The second kappa shape index (κ2) is 7.52. The molecule has 0 nitrogen and oxygen atoms in total. The molecule has 2 atom stereocenters. The van der Waals surface area contributed by atoms with Crippen molar-refractivity contribution >= 4 is 11.6 Å². The third-order valence-corrected chi connectivity index (χ3v) is 7.16. The Labute approximate surface area is 131 Å². The first-order chi connectivity index (χ1) is 9.86. The molecule has 0 aliphatic heterocycles. The maximum absolute atomic E-state index is 6.82. The Bertz CT molecular complexity index is 257. The summed E-state index contributed by atoms with van der Waals surface area (Å²) in [4.78, 5) is 0. The molecule has 20 heavy (non-hydrogen) atoms. The first-order valence-electron chi connectivity index (χ1n) is 9.50. The van der Waals surface area contributed by atoms with Crippen molar-refractivity contribution in [2.45, 2.75) is 95.3 Å².